The first-order chi connectivity index (χ1) is 20.8. The molecule has 0 aliphatic carbocycles. The summed E-state index contributed by atoms with van der Waals surface area (Å²) in [6.45, 7) is 1.70. The summed E-state index contributed by atoms with van der Waals surface area (Å²) < 4.78 is 32.2. The zero-order valence-electron chi connectivity index (χ0n) is 23.5. The minimum atomic E-state index is -0.667. The molecule has 1 aliphatic rings. The highest BCUT2D eigenvalue weighted by Crippen LogP contribution is 2.33. The van der Waals surface area contributed by atoms with Crippen LogP contribution in [0.3, 0.4) is 0 Å². The number of hydrogen-bond acceptors (Lipinski definition) is 6. The molecule has 4 atom stereocenters. The van der Waals surface area contributed by atoms with E-state index in [1.807, 2.05) is 121 Å². The van der Waals surface area contributed by atoms with E-state index in [2.05, 4.69) is 6.07 Å². The fourth-order valence-corrected chi connectivity index (χ4v) is 4.89. The second kappa shape index (κ2) is 15.7. The van der Waals surface area contributed by atoms with Gasteiger partial charge in [0.1, 0.15) is 24.1 Å². The summed E-state index contributed by atoms with van der Waals surface area (Å²) >= 11 is 0. The Labute approximate surface area is 247 Å². The number of ether oxygens (including phenoxy) is 5. The van der Waals surface area contributed by atoms with E-state index < -0.39 is 24.4 Å². The number of benzene rings is 4. The predicted molar refractivity (Wildman–Crippen MR) is 160 cm³/mol. The molecule has 1 saturated heterocycles. The van der Waals surface area contributed by atoms with Gasteiger partial charge in [-0.15, -0.1) is 0 Å². The highest BCUT2D eigenvalue weighted by molar-refractivity contribution is 5.21. The molecule has 0 bridgehead atoms. The number of nitrogens with zero attached hydrogens (tertiary/aromatic N) is 1. The van der Waals surface area contributed by atoms with Crippen molar-refractivity contribution in [3.8, 4) is 6.07 Å². The third-order valence-corrected chi connectivity index (χ3v) is 7.00. The summed E-state index contributed by atoms with van der Waals surface area (Å²) in [5.41, 5.74) is 4.12. The van der Waals surface area contributed by atoms with Gasteiger partial charge in [-0.05, 0) is 22.3 Å². The molecule has 4 aromatic carbocycles. The van der Waals surface area contributed by atoms with Crippen LogP contribution in [0.15, 0.2) is 133 Å². The van der Waals surface area contributed by atoms with Gasteiger partial charge in [0.15, 0.2) is 6.10 Å². The van der Waals surface area contributed by atoms with E-state index in [-0.39, 0.29) is 6.61 Å². The SMILES string of the molecule is N#C/C=C1/O[C@H](COCc2ccccc2)[C@@H](OCc2ccccc2)[C@H](OCc2ccccc2)[C@H]1OCc1ccccc1. The minimum Gasteiger partial charge on any atom is -0.486 e. The lowest BCUT2D eigenvalue weighted by atomic mass is 9.96. The standard InChI is InChI=1S/C36H35NO5/c37-22-21-32-34(39-24-29-15-7-2-8-16-29)36(41-26-31-19-11-4-12-20-31)35(40-25-30-17-9-3-10-18-30)33(42-32)27-38-23-28-13-5-1-6-14-28/h1-21,33-36H,23-27H2/b32-21+/t33-,34+,35-,36-/m1/s1. The van der Waals surface area contributed by atoms with Crippen molar-refractivity contribution in [1.29, 1.82) is 5.26 Å². The maximum absolute atomic E-state index is 9.68. The predicted octanol–water partition coefficient (Wildman–Crippen LogP) is 6.77. The van der Waals surface area contributed by atoms with Crippen LogP contribution in [0.1, 0.15) is 22.3 Å². The highest BCUT2D eigenvalue weighted by Gasteiger charge is 2.46. The molecule has 0 unspecified atom stereocenters. The topological polar surface area (TPSA) is 69.9 Å². The van der Waals surface area contributed by atoms with Crippen molar-refractivity contribution >= 4 is 0 Å². The van der Waals surface area contributed by atoms with Crippen molar-refractivity contribution in [1.82, 2.24) is 0 Å². The van der Waals surface area contributed by atoms with Gasteiger partial charge in [0, 0.05) is 0 Å². The first kappa shape index (κ1) is 29.2. The fourth-order valence-electron chi connectivity index (χ4n) is 4.89. The summed E-state index contributed by atoms with van der Waals surface area (Å²) in [4.78, 5) is 0. The zero-order chi connectivity index (χ0) is 28.8. The third kappa shape index (κ3) is 8.39. The normalized spacial score (nSPS) is 21.0. The van der Waals surface area contributed by atoms with Gasteiger partial charge < -0.3 is 23.7 Å². The van der Waals surface area contributed by atoms with Crippen LogP contribution < -0.4 is 0 Å². The Balaban J connectivity index is 1.42. The molecule has 214 valence electrons. The highest BCUT2D eigenvalue weighted by atomic mass is 16.6. The number of allylic oxidation sites excluding steroid dienone is 1. The van der Waals surface area contributed by atoms with E-state index >= 15 is 0 Å². The maximum atomic E-state index is 9.68. The molecule has 0 spiro atoms. The van der Waals surface area contributed by atoms with E-state index in [1.165, 1.54) is 6.08 Å². The van der Waals surface area contributed by atoms with Crippen molar-refractivity contribution in [2.45, 2.75) is 50.8 Å². The Hall–Kier alpha value is -4.25. The molecule has 0 radical (unpaired) electrons. The van der Waals surface area contributed by atoms with Crippen LogP contribution in [0.2, 0.25) is 0 Å². The first-order valence-electron chi connectivity index (χ1n) is 14.1. The zero-order valence-corrected chi connectivity index (χ0v) is 23.5. The average molecular weight is 562 g/mol. The molecule has 0 N–H and O–H groups in total. The molecule has 0 amide bonds. The van der Waals surface area contributed by atoms with Crippen LogP contribution in [-0.4, -0.2) is 31.0 Å². The quantitative estimate of drug-likeness (QED) is 0.168. The van der Waals surface area contributed by atoms with Crippen molar-refractivity contribution in [2.75, 3.05) is 6.61 Å². The second-order valence-corrected chi connectivity index (χ2v) is 10.1. The molecule has 6 heteroatoms. The van der Waals surface area contributed by atoms with Gasteiger partial charge in [-0.25, -0.2) is 0 Å². The number of hydrogen-bond donors (Lipinski definition) is 0. The summed E-state index contributed by atoms with van der Waals surface area (Å²) in [5.74, 6) is 0.402. The molecule has 6 nitrogen and oxygen atoms in total. The summed E-state index contributed by atoms with van der Waals surface area (Å²) in [6, 6.07) is 42.0. The summed E-state index contributed by atoms with van der Waals surface area (Å²) in [7, 11) is 0. The molecule has 0 aromatic heterocycles. The van der Waals surface area contributed by atoms with Crippen LogP contribution in [0.4, 0.5) is 0 Å². The molecule has 0 saturated carbocycles. The van der Waals surface area contributed by atoms with E-state index in [9.17, 15) is 5.26 Å². The van der Waals surface area contributed by atoms with E-state index in [0.717, 1.165) is 22.3 Å². The minimum absolute atomic E-state index is 0.244. The third-order valence-electron chi connectivity index (χ3n) is 7.00. The second-order valence-electron chi connectivity index (χ2n) is 10.1. The van der Waals surface area contributed by atoms with Gasteiger partial charge in [-0.2, -0.15) is 5.26 Å². The van der Waals surface area contributed by atoms with Gasteiger partial charge in [0.25, 0.3) is 0 Å². The first-order valence-corrected chi connectivity index (χ1v) is 14.1. The molecule has 1 heterocycles. The Morgan fingerprint density at radius 1 is 0.571 bits per heavy atom. The van der Waals surface area contributed by atoms with Gasteiger partial charge in [-0.3, -0.25) is 0 Å². The smallest absolute Gasteiger partial charge is 0.150 e. The van der Waals surface area contributed by atoms with Crippen molar-refractivity contribution in [3.63, 3.8) is 0 Å². The Kier molecular flexibility index (Phi) is 10.9. The molecule has 4 aromatic rings. The Bertz CT molecular complexity index is 1410. The van der Waals surface area contributed by atoms with E-state index in [4.69, 9.17) is 23.7 Å². The van der Waals surface area contributed by atoms with E-state index in [1.54, 1.807) is 0 Å². The lowest BCUT2D eigenvalue weighted by Gasteiger charge is -2.43. The van der Waals surface area contributed by atoms with Crippen LogP contribution in [0.5, 0.6) is 0 Å². The van der Waals surface area contributed by atoms with Crippen molar-refractivity contribution in [2.24, 2.45) is 0 Å². The number of rotatable bonds is 13. The van der Waals surface area contributed by atoms with Crippen molar-refractivity contribution in [3.05, 3.63) is 155 Å². The lowest BCUT2D eigenvalue weighted by Crippen LogP contribution is -2.56. The lowest BCUT2D eigenvalue weighted by molar-refractivity contribution is -0.223. The Morgan fingerprint density at radius 2 is 1.00 bits per heavy atom. The van der Waals surface area contributed by atoms with Gasteiger partial charge >= 0.3 is 0 Å². The molecular weight excluding hydrogens is 526 g/mol. The fraction of sp³-hybridized carbons (Fsp3) is 0.250. The summed E-state index contributed by atoms with van der Waals surface area (Å²) in [5, 5.41) is 9.68. The van der Waals surface area contributed by atoms with Crippen LogP contribution in [0.25, 0.3) is 0 Å². The van der Waals surface area contributed by atoms with Crippen LogP contribution in [0, 0.1) is 11.3 Å². The van der Waals surface area contributed by atoms with E-state index in [0.29, 0.717) is 32.2 Å². The van der Waals surface area contributed by atoms with Crippen molar-refractivity contribution < 1.29 is 23.7 Å². The molecule has 5 rings (SSSR count). The van der Waals surface area contributed by atoms with Gasteiger partial charge in [0.2, 0.25) is 0 Å². The monoisotopic (exact) mass is 561 g/mol. The van der Waals surface area contributed by atoms with Gasteiger partial charge in [0.05, 0.1) is 45.2 Å². The average Bonchev–Trinajstić information content (AvgIpc) is 3.05. The molecular formula is C36H35NO5. The van der Waals surface area contributed by atoms with Gasteiger partial charge in [-0.1, -0.05) is 121 Å². The Morgan fingerprint density at radius 3 is 1.48 bits per heavy atom. The number of nitriles is 1. The van der Waals surface area contributed by atoms with Crippen LogP contribution in [-0.2, 0) is 50.1 Å². The van der Waals surface area contributed by atoms with Crippen LogP contribution >= 0.6 is 0 Å². The molecule has 1 fully saturated rings. The molecule has 1 aliphatic heterocycles. The summed E-state index contributed by atoms with van der Waals surface area (Å²) in [6.07, 6.45) is -0.918. The molecule has 42 heavy (non-hydrogen) atoms. The maximum Gasteiger partial charge on any atom is 0.150 e. The largest absolute Gasteiger partial charge is 0.486 e.